The molecule has 0 saturated carbocycles. The molecule has 0 spiro atoms. The van der Waals surface area contributed by atoms with E-state index in [-0.39, 0.29) is 42.3 Å². The minimum Gasteiger partial charge on any atom is -0.462 e. The van der Waals surface area contributed by atoms with Crippen molar-refractivity contribution in [3.8, 4) is 0 Å². The predicted octanol–water partition coefficient (Wildman–Crippen LogP) is 3.96. The Balaban J connectivity index is 4.08. The van der Waals surface area contributed by atoms with Crippen LogP contribution in [0.1, 0.15) is 91.4 Å². The molecule has 0 rings (SSSR count). The van der Waals surface area contributed by atoms with Gasteiger partial charge in [0.2, 0.25) is 0 Å². The van der Waals surface area contributed by atoms with Gasteiger partial charge in [-0.05, 0) is 32.6 Å². The van der Waals surface area contributed by atoms with Gasteiger partial charge in [0.25, 0.3) is 0 Å². The third-order valence-corrected chi connectivity index (χ3v) is 3.73. The first-order valence-corrected chi connectivity index (χ1v) is 9.11. The highest BCUT2D eigenvalue weighted by Crippen LogP contribution is 2.14. The third kappa shape index (κ3) is 13.0. The zero-order valence-electron chi connectivity index (χ0n) is 15.4. The Morgan fingerprint density at radius 1 is 0.792 bits per heavy atom. The highest BCUT2D eigenvalue weighted by molar-refractivity contribution is 5.98. The molecule has 0 aliphatic rings. The van der Waals surface area contributed by atoms with Crippen molar-refractivity contribution in [3.63, 3.8) is 0 Å². The smallest absolute Gasteiger partial charge is 0.306 e. The molecule has 0 aromatic rings. The predicted molar refractivity (Wildman–Crippen MR) is 92.7 cm³/mol. The zero-order chi connectivity index (χ0) is 18.4. The van der Waals surface area contributed by atoms with Crippen LogP contribution >= 0.6 is 0 Å². The Kier molecular flexibility index (Phi) is 13.0. The molecular formula is C19H32O5. The van der Waals surface area contributed by atoms with Crippen molar-refractivity contribution in [1.29, 1.82) is 0 Å². The van der Waals surface area contributed by atoms with Crippen molar-refractivity contribution in [3.05, 3.63) is 0 Å². The fourth-order valence-corrected chi connectivity index (χ4v) is 2.44. The maximum Gasteiger partial charge on any atom is 0.306 e. The lowest BCUT2D eigenvalue weighted by atomic mass is 10.0. The number of hydrogen-bond donors (Lipinski definition) is 0. The summed E-state index contributed by atoms with van der Waals surface area (Å²) in [5.74, 6) is -0.358. The van der Waals surface area contributed by atoms with Gasteiger partial charge in [-0.25, -0.2) is 0 Å². The molecule has 138 valence electrons. The highest BCUT2D eigenvalue weighted by atomic mass is 16.5. The zero-order valence-corrected chi connectivity index (χ0v) is 15.4. The first-order chi connectivity index (χ1) is 11.4. The van der Waals surface area contributed by atoms with E-state index >= 15 is 0 Å². The van der Waals surface area contributed by atoms with E-state index in [9.17, 15) is 19.2 Å². The maximum atomic E-state index is 11.9. The van der Waals surface area contributed by atoms with Gasteiger partial charge in [0.15, 0.2) is 0 Å². The summed E-state index contributed by atoms with van der Waals surface area (Å²) in [6, 6.07) is 0. The van der Waals surface area contributed by atoms with Crippen LogP contribution in [0.5, 0.6) is 0 Å². The monoisotopic (exact) mass is 340 g/mol. The number of hydrogen-bond acceptors (Lipinski definition) is 5. The van der Waals surface area contributed by atoms with Gasteiger partial charge in [0.05, 0.1) is 6.42 Å². The van der Waals surface area contributed by atoms with Crippen molar-refractivity contribution in [2.24, 2.45) is 0 Å². The van der Waals surface area contributed by atoms with Gasteiger partial charge in [0, 0.05) is 25.7 Å². The van der Waals surface area contributed by atoms with Crippen molar-refractivity contribution < 1.29 is 23.9 Å². The average Bonchev–Trinajstić information content (AvgIpc) is 2.49. The van der Waals surface area contributed by atoms with Crippen molar-refractivity contribution in [2.45, 2.75) is 97.5 Å². The first-order valence-electron chi connectivity index (χ1n) is 9.11. The lowest BCUT2D eigenvalue weighted by Gasteiger charge is -2.17. The number of esters is 1. The fourth-order valence-electron chi connectivity index (χ4n) is 2.44. The summed E-state index contributed by atoms with van der Waals surface area (Å²) in [6.45, 7) is 5.40. The second kappa shape index (κ2) is 13.9. The van der Waals surface area contributed by atoms with Gasteiger partial charge in [-0.1, -0.05) is 26.7 Å². The molecule has 0 saturated heterocycles. The van der Waals surface area contributed by atoms with Crippen LogP contribution in [0.3, 0.4) is 0 Å². The number of Topliss-reactive ketones (excluding diaryl/α,β-unsaturated/α-hetero) is 3. The van der Waals surface area contributed by atoms with Crippen LogP contribution in [0, 0.1) is 0 Å². The van der Waals surface area contributed by atoms with Gasteiger partial charge in [-0.15, -0.1) is 0 Å². The molecule has 0 N–H and O–H groups in total. The van der Waals surface area contributed by atoms with Crippen molar-refractivity contribution in [2.75, 3.05) is 0 Å². The topological polar surface area (TPSA) is 77.5 Å². The number of rotatable bonds is 15. The van der Waals surface area contributed by atoms with Crippen LogP contribution in [0.15, 0.2) is 0 Å². The lowest BCUT2D eigenvalue weighted by molar-refractivity contribution is -0.150. The second-order valence-electron chi connectivity index (χ2n) is 6.35. The maximum absolute atomic E-state index is 11.9. The van der Waals surface area contributed by atoms with E-state index in [0.29, 0.717) is 32.1 Å². The van der Waals surface area contributed by atoms with E-state index < -0.39 is 0 Å². The molecule has 24 heavy (non-hydrogen) atoms. The molecule has 0 aliphatic carbocycles. The molecule has 0 aromatic carbocycles. The van der Waals surface area contributed by atoms with Crippen LogP contribution in [-0.2, 0) is 23.9 Å². The molecule has 0 aliphatic heterocycles. The molecule has 0 fully saturated rings. The van der Waals surface area contributed by atoms with Crippen molar-refractivity contribution in [1.82, 2.24) is 0 Å². The Bertz CT molecular complexity index is 414. The Hall–Kier alpha value is -1.52. The van der Waals surface area contributed by atoms with E-state index in [2.05, 4.69) is 6.92 Å². The van der Waals surface area contributed by atoms with Crippen LogP contribution in [0.4, 0.5) is 0 Å². The molecule has 0 amide bonds. The Labute approximate surface area is 145 Å². The lowest BCUT2D eigenvalue weighted by Crippen LogP contribution is -2.19. The minimum atomic E-state index is -0.194. The quantitative estimate of drug-likeness (QED) is 0.333. The molecule has 1 unspecified atom stereocenters. The number of ketones is 3. The van der Waals surface area contributed by atoms with Crippen LogP contribution in [0.2, 0.25) is 0 Å². The summed E-state index contributed by atoms with van der Waals surface area (Å²) in [5.41, 5.74) is 0. The van der Waals surface area contributed by atoms with Gasteiger partial charge in [0.1, 0.15) is 23.5 Å². The number of ether oxygens (including phenoxy) is 1. The summed E-state index contributed by atoms with van der Waals surface area (Å²) in [5, 5.41) is 0. The molecule has 0 aromatic heterocycles. The van der Waals surface area contributed by atoms with Gasteiger partial charge >= 0.3 is 5.97 Å². The molecular weight excluding hydrogens is 308 g/mol. The Morgan fingerprint density at radius 2 is 1.46 bits per heavy atom. The van der Waals surface area contributed by atoms with Gasteiger partial charge < -0.3 is 4.74 Å². The van der Waals surface area contributed by atoms with Gasteiger partial charge in [-0.3, -0.25) is 19.2 Å². The van der Waals surface area contributed by atoms with Crippen molar-refractivity contribution >= 4 is 23.3 Å². The molecule has 0 heterocycles. The van der Waals surface area contributed by atoms with E-state index in [0.717, 1.165) is 25.7 Å². The summed E-state index contributed by atoms with van der Waals surface area (Å²) >= 11 is 0. The van der Waals surface area contributed by atoms with Gasteiger partial charge in [-0.2, -0.15) is 0 Å². The third-order valence-electron chi connectivity index (χ3n) is 3.73. The molecule has 0 bridgehead atoms. The fraction of sp³-hybridized carbons (Fsp3) is 0.789. The summed E-state index contributed by atoms with van der Waals surface area (Å²) < 4.78 is 5.45. The largest absolute Gasteiger partial charge is 0.462 e. The second-order valence-corrected chi connectivity index (χ2v) is 6.35. The van der Waals surface area contributed by atoms with Crippen LogP contribution < -0.4 is 0 Å². The van der Waals surface area contributed by atoms with E-state index in [1.54, 1.807) is 0 Å². The van der Waals surface area contributed by atoms with Crippen LogP contribution in [-0.4, -0.2) is 29.4 Å². The average molecular weight is 340 g/mol. The molecule has 0 radical (unpaired) electrons. The standard InChI is InChI=1S/C19H32O5/c1-4-6-11-18(24-19(23)8-5-2)13-12-16(21)9-7-10-17(22)14-15(3)20/h18H,4-14H2,1-3H3. The normalized spacial score (nSPS) is 11.8. The summed E-state index contributed by atoms with van der Waals surface area (Å²) in [6.07, 6.45) is 5.74. The Morgan fingerprint density at radius 3 is 2.04 bits per heavy atom. The molecule has 5 nitrogen and oxygen atoms in total. The van der Waals surface area contributed by atoms with E-state index in [1.807, 2.05) is 6.92 Å². The van der Waals surface area contributed by atoms with E-state index in [1.165, 1.54) is 6.92 Å². The first kappa shape index (κ1) is 22.5. The number of unbranched alkanes of at least 4 members (excludes halogenated alkanes) is 1. The summed E-state index contributed by atoms with van der Waals surface area (Å²) in [7, 11) is 0. The number of carbonyl (C=O) groups is 4. The number of carbonyl (C=O) groups excluding carboxylic acids is 4. The van der Waals surface area contributed by atoms with Crippen LogP contribution in [0.25, 0.3) is 0 Å². The SMILES string of the molecule is CCCCC(CCC(=O)CCCC(=O)CC(C)=O)OC(=O)CCC. The minimum absolute atomic E-state index is 0.0410. The molecule has 5 heteroatoms. The highest BCUT2D eigenvalue weighted by Gasteiger charge is 2.16. The summed E-state index contributed by atoms with van der Waals surface area (Å²) in [4.78, 5) is 45.8. The molecule has 1 atom stereocenters. The van der Waals surface area contributed by atoms with E-state index in [4.69, 9.17) is 4.74 Å².